The summed E-state index contributed by atoms with van der Waals surface area (Å²) in [5.74, 6) is 0.0242. The minimum absolute atomic E-state index is 0.0242. The lowest BCUT2D eigenvalue weighted by molar-refractivity contribution is 0.0655. The summed E-state index contributed by atoms with van der Waals surface area (Å²) < 4.78 is 1.82. The second-order valence-electron chi connectivity index (χ2n) is 5.52. The molecular formula is C16H20N4O2S. The lowest BCUT2D eigenvalue weighted by atomic mass is 10.3. The number of urea groups is 1. The van der Waals surface area contributed by atoms with E-state index in [0.717, 1.165) is 4.88 Å². The molecule has 3 rings (SSSR count). The van der Waals surface area contributed by atoms with Crippen LogP contribution in [0.5, 0.6) is 0 Å². The summed E-state index contributed by atoms with van der Waals surface area (Å²) in [6.07, 6.45) is 1.86. The largest absolute Gasteiger partial charge is 0.347 e. The molecule has 0 spiro atoms. The van der Waals surface area contributed by atoms with Gasteiger partial charge in [0.1, 0.15) is 5.69 Å². The average molecular weight is 332 g/mol. The number of rotatable bonds is 3. The molecule has 122 valence electrons. The van der Waals surface area contributed by atoms with E-state index in [1.807, 2.05) is 47.5 Å². The maximum atomic E-state index is 12.4. The lowest BCUT2D eigenvalue weighted by Gasteiger charge is -2.34. The van der Waals surface area contributed by atoms with E-state index >= 15 is 0 Å². The maximum absolute atomic E-state index is 12.4. The molecule has 7 heteroatoms. The Labute approximate surface area is 139 Å². The van der Waals surface area contributed by atoms with Crippen molar-refractivity contribution < 1.29 is 9.59 Å². The van der Waals surface area contributed by atoms with Crippen molar-refractivity contribution in [1.29, 1.82) is 0 Å². The molecule has 1 fully saturated rings. The highest BCUT2D eigenvalue weighted by Gasteiger charge is 2.25. The highest BCUT2D eigenvalue weighted by atomic mass is 32.1. The standard InChI is InChI=1S/C16H20N4O2S/c1-18-6-2-5-14(18)15(21)19-7-9-20(10-8-19)16(22)17-12-13-4-3-11-23-13/h2-6,11H,7-10,12H2,1H3,(H,17,22). The number of nitrogens with one attached hydrogen (secondary N) is 1. The van der Waals surface area contributed by atoms with Crippen LogP contribution in [-0.2, 0) is 13.6 Å². The third-order valence-corrected chi connectivity index (χ3v) is 4.89. The summed E-state index contributed by atoms with van der Waals surface area (Å²) >= 11 is 1.63. The first-order valence-electron chi connectivity index (χ1n) is 7.61. The Morgan fingerprint density at radius 3 is 2.48 bits per heavy atom. The highest BCUT2D eigenvalue weighted by Crippen LogP contribution is 2.10. The predicted molar refractivity (Wildman–Crippen MR) is 89.4 cm³/mol. The smallest absolute Gasteiger partial charge is 0.317 e. The van der Waals surface area contributed by atoms with Crippen LogP contribution in [0.2, 0.25) is 0 Å². The summed E-state index contributed by atoms with van der Waals surface area (Å²) in [7, 11) is 1.86. The van der Waals surface area contributed by atoms with Gasteiger partial charge >= 0.3 is 6.03 Å². The van der Waals surface area contributed by atoms with Crippen molar-refractivity contribution in [3.05, 3.63) is 46.4 Å². The van der Waals surface area contributed by atoms with E-state index < -0.39 is 0 Å². The molecule has 0 unspecified atom stereocenters. The number of thiophene rings is 1. The number of piperazine rings is 1. The van der Waals surface area contributed by atoms with Crippen molar-refractivity contribution in [2.45, 2.75) is 6.54 Å². The third-order valence-electron chi connectivity index (χ3n) is 4.01. The van der Waals surface area contributed by atoms with Gasteiger partial charge in [-0.15, -0.1) is 11.3 Å². The van der Waals surface area contributed by atoms with Crippen molar-refractivity contribution >= 4 is 23.3 Å². The van der Waals surface area contributed by atoms with Crippen LogP contribution in [-0.4, -0.2) is 52.5 Å². The van der Waals surface area contributed by atoms with Gasteiger partial charge in [-0.1, -0.05) is 6.07 Å². The SMILES string of the molecule is Cn1cccc1C(=O)N1CCN(C(=O)NCc2cccs2)CC1. The number of hydrogen-bond donors (Lipinski definition) is 1. The minimum Gasteiger partial charge on any atom is -0.347 e. The minimum atomic E-state index is -0.0654. The van der Waals surface area contributed by atoms with Crippen molar-refractivity contribution in [1.82, 2.24) is 19.7 Å². The third kappa shape index (κ3) is 3.56. The van der Waals surface area contributed by atoms with Crippen molar-refractivity contribution in [2.24, 2.45) is 7.05 Å². The summed E-state index contributed by atoms with van der Waals surface area (Å²) in [6.45, 7) is 2.81. The van der Waals surface area contributed by atoms with Crippen LogP contribution in [0, 0.1) is 0 Å². The van der Waals surface area contributed by atoms with Gasteiger partial charge < -0.3 is 19.7 Å². The summed E-state index contributed by atoms with van der Waals surface area (Å²) in [6, 6.07) is 7.59. The molecule has 1 N–H and O–H groups in total. The maximum Gasteiger partial charge on any atom is 0.317 e. The molecule has 0 bridgehead atoms. The Balaban J connectivity index is 1.49. The van der Waals surface area contributed by atoms with Crippen molar-refractivity contribution in [2.75, 3.05) is 26.2 Å². The van der Waals surface area contributed by atoms with E-state index in [1.165, 1.54) is 0 Å². The van der Waals surface area contributed by atoms with Gasteiger partial charge in [0.25, 0.3) is 5.91 Å². The molecule has 0 aliphatic carbocycles. The average Bonchev–Trinajstić information content (AvgIpc) is 3.23. The van der Waals surface area contributed by atoms with Crippen LogP contribution in [0.3, 0.4) is 0 Å². The van der Waals surface area contributed by atoms with Gasteiger partial charge in [-0.2, -0.15) is 0 Å². The molecule has 0 radical (unpaired) electrons. The number of carbonyl (C=O) groups excluding carboxylic acids is 2. The molecule has 2 aromatic rings. The normalized spacial score (nSPS) is 14.8. The molecule has 1 aliphatic heterocycles. The van der Waals surface area contributed by atoms with E-state index in [4.69, 9.17) is 0 Å². The number of hydrogen-bond acceptors (Lipinski definition) is 3. The molecular weight excluding hydrogens is 312 g/mol. The second kappa shape index (κ2) is 6.87. The number of carbonyl (C=O) groups is 2. The fourth-order valence-corrected chi connectivity index (χ4v) is 3.29. The van der Waals surface area contributed by atoms with Crippen LogP contribution < -0.4 is 5.32 Å². The molecule has 23 heavy (non-hydrogen) atoms. The van der Waals surface area contributed by atoms with Crippen LogP contribution in [0.25, 0.3) is 0 Å². The zero-order chi connectivity index (χ0) is 16.2. The first-order chi connectivity index (χ1) is 11.1. The number of aromatic nitrogens is 1. The molecule has 2 aromatic heterocycles. The molecule has 3 amide bonds. The Bertz CT molecular complexity index is 672. The fourth-order valence-electron chi connectivity index (χ4n) is 2.65. The molecule has 0 atom stereocenters. The van der Waals surface area contributed by atoms with E-state index in [0.29, 0.717) is 38.4 Å². The Kier molecular flexibility index (Phi) is 4.66. The summed E-state index contributed by atoms with van der Waals surface area (Å²) in [5, 5.41) is 4.92. The summed E-state index contributed by atoms with van der Waals surface area (Å²) in [5.41, 5.74) is 0.681. The van der Waals surface area contributed by atoms with E-state index in [-0.39, 0.29) is 11.9 Å². The zero-order valence-corrected chi connectivity index (χ0v) is 13.9. The van der Waals surface area contributed by atoms with Crippen LogP contribution >= 0.6 is 11.3 Å². The first-order valence-corrected chi connectivity index (χ1v) is 8.49. The Morgan fingerprint density at radius 1 is 1.13 bits per heavy atom. The highest BCUT2D eigenvalue weighted by molar-refractivity contribution is 7.09. The zero-order valence-electron chi connectivity index (χ0n) is 13.1. The van der Waals surface area contributed by atoms with E-state index in [2.05, 4.69) is 5.32 Å². The molecule has 3 heterocycles. The topological polar surface area (TPSA) is 57.6 Å². The predicted octanol–water partition coefficient (Wildman–Crippen LogP) is 1.75. The van der Waals surface area contributed by atoms with Gasteiger partial charge in [0.05, 0.1) is 6.54 Å². The molecule has 0 saturated carbocycles. The second-order valence-corrected chi connectivity index (χ2v) is 6.55. The van der Waals surface area contributed by atoms with Gasteiger partial charge in [0.2, 0.25) is 0 Å². The van der Waals surface area contributed by atoms with E-state index in [1.54, 1.807) is 21.1 Å². The van der Waals surface area contributed by atoms with Crippen molar-refractivity contribution in [3.63, 3.8) is 0 Å². The van der Waals surface area contributed by atoms with E-state index in [9.17, 15) is 9.59 Å². The summed E-state index contributed by atoms with van der Waals surface area (Å²) in [4.78, 5) is 29.3. The van der Waals surface area contributed by atoms with Gasteiger partial charge in [0, 0.05) is 44.3 Å². The lowest BCUT2D eigenvalue weighted by Crippen LogP contribution is -2.53. The Hall–Kier alpha value is -2.28. The molecule has 1 saturated heterocycles. The van der Waals surface area contributed by atoms with Gasteiger partial charge in [-0.25, -0.2) is 4.79 Å². The fraction of sp³-hybridized carbons (Fsp3) is 0.375. The quantitative estimate of drug-likeness (QED) is 0.931. The van der Waals surface area contributed by atoms with Crippen LogP contribution in [0.15, 0.2) is 35.8 Å². The van der Waals surface area contributed by atoms with Gasteiger partial charge in [0.15, 0.2) is 0 Å². The van der Waals surface area contributed by atoms with Gasteiger partial charge in [-0.3, -0.25) is 4.79 Å². The van der Waals surface area contributed by atoms with Crippen LogP contribution in [0.4, 0.5) is 4.79 Å². The monoisotopic (exact) mass is 332 g/mol. The number of amides is 3. The molecule has 6 nitrogen and oxygen atoms in total. The Morgan fingerprint density at radius 2 is 1.87 bits per heavy atom. The number of aryl methyl sites for hydroxylation is 1. The van der Waals surface area contributed by atoms with Crippen LogP contribution in [0.1, 0.15) is 15.4 Å². The van der Waals surface area contributed by atoms with Gasteiger partial charge in [-0.05, 0) is 23.6 Å². The first kappa shape index (κ1) is 15.6. The molecule has 1 aliphatic rings. The molecule has 0 aromatic carbocycles. The number of nitrogens with zero attached hydrogens (tertiary/aromatic N) is 3. The van der Waals surface area contributed by atoms with Crippen molar-refractivity contribution in [3.8, 4) is 0 Å².